The number of nitrogens with zero attached hydrogens (tertiary/aromatic N) is 1. The van der Waals surface area contributed by atoms with E-state index in [0.717, 1.165) is 0 Å². The topological polar surface area (TPSA) is 29.5 Å². The SMILES string of the molecule is CC(C)OC(=O)N1CCC(F)CC1. The van der Waals surface area contributed by atoms with Gasteiger partial charge in [0.2, 0.25) is 0 Å². The summed E-state index contributed by atoms with van der Waals surface area (Å²) in [6, 6.07) is 0. The van der Waals surface area contributed by atoms with E-state index >= 15 is 0 Å². The molecule has 0 atom stereocenters. The molecule has 1 rings (SSSR count). The Balaban J connectivity index is 2.31. The van der Waals surface area contributed by atoms with Gasteiger partial charge in [-0.3, -0.25) is 0 Å². The van der Waals surface area contributed by atoms with Gasteiger partial charge in [0.15, 0.2) is 0 Å². The fourth-order valence-electron chi connectivity index (χ4n) is 1.31. The van der Waals surface area contributed by atoms with E-state index in [4.69, 9.17) is 4.74 Å². The maximum Gasteiger partial charge on any atom is 0.410 e. The third-order valence-electron chi connectivity index (χ3n) is 2.02. The van der Waals surface area contributed by atoms with Gasteiger partial charge in [-0.2, -0.15) is 0 Å². The third kappa shape index (κ3) is 3.20. The molecule has 0 aromatic rings. The lowest BCUT2D eigenvalue weighted by Crippen LogP contribution is -2.40. The van der Waals surface area contributed by atoms with Gasteiger partial charge in [-0.25, -0.2) is 9.18 Å². The van der Waals surface area contributed by atoms with Gasteiger partial charge in [-0.1, -0.05) is 0 Å². The van der Waals surface area contributed by atoms with Crippen LogP contribution >= 0.6 is 0 Å². The number of hydrogen-bond donors (Lipinski definition) is 0. The Morgan fingerprint density at radius 3 is 2.46 bits per heavy atom. The molecule has 0 bridgehead atoms. The van der Waals surface area contributed by atoms with Crippen molar-refractivity contribution in [1.82, 2.24) is 4.90 Å². The highest BCUT2D eigenvalue weighted by atomic mass is 19.1. The number of halogens is 1. The van der Waals surface area contributed by atoms with Crippen molar-refractivity contribution in [3.8, 4) is 0 Å². The Labute approximate surface area is 77.9 Å². The number of rotatable bonds is 1. The van der Waals surface area contributed by atoms with Crippen LogP contribution in [0.3, 0.4) is 0 Å². The quantitative estimate of drug-likeness (QED) is 0.631. The van der Waals surface area contributed by atoms with Crippen molar-refractivity contribution >= 4 is 6.09 Å². The summed E-state index contributed by atoms with van der Waals surface area (Å²) in [6.07, 6.45) is -0.291. The Morgan fingerprint density at radius 1 is 1.46 bits per heavy atom. The van der Waals surface area contributed by atoms with Crippen LogP contribution in [-0.4, -0.2) is 36.4 Å². The van der Waals surface area contributed by atoms with Gasteiger partial charge in [0, 0.05) is 13.1 Å². The van der Waals surface area contributed by atoms with Crippen LogP contribution in [-0.2, 0) is 4.74 Å². The van der Waals surface area contributed by atoms with Gasteiger partial charge in [0.05, 0.1) is 6.10 Å². The predicted molar refractivity (Wildman–Crippen MR) is 47.3 cm³/mol. The highest BCUT2D eigenvalue weighted by Crippen LogP contribution is 2.14. The first-order chi connectivity index (χ1) is 6.09. The van der Waals surface area contributed by atoms with Crippen LogP contribution in [0.5, 0.6) is 0 Å². The van der Waals surface area contributed by atoms with Crippen LogP contribution in [0.1, 0.15) is 26.7 Å². The number of carbonyl (C=O) groups is 1. The highest BCUT2D eigenvalue weighted by Gasteiger charge is 2.23. The molecule has 0 saturated carbocycles. The zero-order chi connectivity index (χ0) is 9.84. The van der Waals surface area contributed by atoms with Gasteiger partial charge >= 0.3 is 6.09 Å². The lowest BCUT2D eigenvalue weighted by Gasteiger charge is -2.28. The van der Waals surface area contributed by atoms with Crippen molar-refractivity contribution in [2.45, 2.75) is 39.0 Å². The molecule has 1 aliphatic rings. The molecule has 0 aromatic carbocycles. The van der Waals surface area contributed by atoms with Crippen LogP contribution in [0.25, 0.3) is 0 Å². The van der Waals surface area contributed by atoms with Gasteiger partial charge in [-0.05, 0) is 26.7 Å². The van der Waals surface area contributed by atoms with Gasteiger partial charge < -0.3 is 9.64 Å². The summed E-state index contributed by atoms with van der Waals surface area (Å²) < 4.78 is 17.7. The monoisotopic (exact) mass is 189 g/mol. The van der Waals surface area contributed by atoms with E-state index in [1.807, 2.05) is 0 Å². The molecule has 0 aromatic heterocycles. The second kappa shape index (κ2) is 4.44. The van der Waals surface area contributed by atoms with E-state index in [1.165, 1.54) is 0 Å². The zero-order valence-electron chi connectivity index (χ0n) is 8.12. The first-order valence-electron chi connectivity index (χ1n) is 4.69. The number of amides is 1. The average Bonchev–Trinajstić information content (AvgIpc) is 2.04. The highest BCUT2D eigenvalue weighted by molar-refractivity contribution is 5.67. The fraction of sp³-hybridized carbons (Fsp3) is 0.889. The molecule has 1 saturated heterocycles. The molecule has 1 fully saturated rings. The van der Waals surface area contributed by atoms with E-state index in [0.29, 0.717) is 25.9 Å². The molecule has 0 N–H and O–H groups in total. The van der Waals surface area contributed by atoms with Crippen molar-refractivity contribution in [1.29, 1.82) is 0 Å². The molecule has 0 aliphatic carbocycles. The van der Waals surface area contributed by atoms with E-state index in [-0.39, 0.29) is 12.2 Å². The maximum absolute atomic E-state index is 12.7. The molecule has 4 heteroatoms. The summed E-state index contributed by atoms with van der Waals surface area (Å²) in [7, 11) is 0. The van der Waals surface area contributed by atoms with Crippen LogP contribution < -0.4 is 0 Å². The second-order valence-corrected chi connectivity index (χ2v) is 3.59. The number of carbonyl (C=O) groups excluding carboxylic acids is 1. The molecule has 1 amide bonds. The summed E-state index contributed by atoms with van der Waals surface area (Å²) in [4.78, 5) is 12.9. The minimum Gasteiger partial charge on any atom is -0.447 e. The van der Waals surface area contributed by atoms with Crippen molar-refractivity contribution in [3.63, 3.8) is 0 Å². The first kappa shape index (κ1) is 10.3. The van der Waals surface area contributed by atoms with Crippen LogP contribution in [0.4, 0.5) is 9.18 Å². The van der Waals surface area contributed by atoms with Crippen LogP contribution in [0.2, 0.25) is 0 Å². The number of hydrogen-bond acceptors (Lipinski definition) is 2. The van der Waals surface area contributed by atoms with E-state index in [2.05, 4.69) is 0 Å². The molecule has 1 heterocycles. The number of ether oxygens (including phenoxy) is 1. The van der Waals surface area contributed by atoms with Crippen LogP contribution in [0.15, 0.2) is 0 Å². The van der Waals surface area contributed by atoms with Crippen LogP contribution in [0, 0.1) is 0 Å². The summed E-state index contributed by atoms with van der Waals surface area (Å²) in [5.41, 5.74) is 0. The number of alkyl halides is 1. The molecule has 0 spiro atoms. The molecule has 76 valence electrons. The molecule has 0 unspecified atom stereocenters. The smallest absolute Gasteiger partial charge is 0.410 e. The molecule has 13 heavy (non-hydrogen) atoms. The summed E-state index contributed by atoms with van der Waals surface area (Å²) >= 11 is 0. The maximum atomic E-state index is 12.7. The molecular formula is C9H16FNO2. The average molecular weight is 189 g/mol. The first-order valence-corrected chi connectivity index (χ1v) is 4.69. The van der Waals surface area contributed by atoms with E-state index in [1.54, 1.807) is 18.7 Å². The largest absolute Gasteiger partial charge is 0.447 e. The molecule has 3 nitrogen and oxygen atoms in total. The standard InChI is InChI=1S/C9H16FNO2/c1-7(2)13-9(12)11-5-3-8(10)4-6-11/h7-8H,3-6H2,1-2H3. The molecule has 0 radical (unpaired) electrons. The minimum atomic E-state index is -0.747. The second-order valence-electron chi connectivity index (χ2n) is 3.59. The summed E-state index contributed by atoms with van der Waals surface area (Å²) in [5.74, 6) is 0. The minimum absolute atomic E-state index is 0.101. The normalized spacial score (nSPS) is 19.2. The van der Waals surface area contributed by atoms with Crippen molar-refractivity contribution in [2.24, 2.45) is 0 Å². The Morgan fingerprint density at radius 2 is 2.00 bits per heavy atom. The Kier molecular flexibility index (Phi) is 3.51. The van der Waals surface area contributed by atoms with Crippen molar-refractivity contribution in [3.05, 3.63) is 0 Å². The molecular weight excluding hydrogens is 173 g/mol. The lowest BCUT2D eigenvalue weighted by molar-refractivity contribution is 0.0616. The number of piperidine rings is 1. The Hall–Kier alpha value is -0.800. The zero-order valence-corrected chi connectivity index (χ0v) is 8.12. The Bertz CT molecular complexity index is 176. The lowest BCUT2D eigenvalue weighted by atomic mass is 10.1. The van der Waals surface area contributed by atoms with Gasteiger partial charge in [0.1, 0.15) is 6.17 Å². The van der Waals surface area contributed by atoms with E-state index in [9.17, 15) is 9.18 Å². The molecule has 1 aliphatic heterocycles. The van der Waals surface area contributed by atoms with Gasteiger partial charge in [0.25, 0.3) is 0 Å². The fourth-order valence-corrected chi connectivity index (χ4v) is 1.31. The van der Waals surface area contributed by atoms with Gasteiger partial charge in [-0.15, -0.1) is 0 Å². The predicted octanol–water partition coefficient (Wildman–Crippen LogP) is 1.97. The third-order valence-corrected chi connectivity index (χ3v) is 2.02. The summed E-state index contributed by atoms with van der Waals surface area (Å²) in [6.45, 7) is 4.57. The van der Waals surface area contributed by atoms with Crippen molar-refractivity contribution < 1.29 is 13.9 Å². The van der Waals surface area contributed by atoms with Crippen molar-refractivity contribution in [2.75, 3.05) is 13.1 Å². The number of likely N-dealkylation sites (tertiary alicyclic amines) is 1. The van der Waals surface area contributed by atoms with E-state index < -0.39 is 6.17 Å². The summed E-state index contributed by atoms with van der Waals surface area (Å²) in [5, 5.41) is 0.